The van der Waals surface area contributed by atoms with Crippen molar-refractivity contribution < 1.29 is 20.0 Å². The van der Waals surface area contributed by atoms with E-state index in [0.29, 0.717) is 0 Å². The van der Waals surface area contributed by atoms with Crippen LogP contribution in [0.2, 0.25) is 0 Å². The van der Waals surface area contributed by atoms with E-state index in [-0.39, 0.29) is 12.1 Å². The van der Waals surface area contributed by atoms with Gasteiger partial charge in [-0.1, -0.05) is 60.7 Å². The first-order valence-electron chi connectivity index (χ1n) is 7.99. The maximum absolute atomic E-state index is 10.7. The number of amides is 4. The Labute approximate surface area is 152 Å². The monoisotopic (exact) mass is 360 g/mol. The van der Waals surface area contributed by atoms with E-state index >= 15 is 0 Å². The lowest BCUT2D eigenvalue weighted by Crippen LogP contribution is -2.34. The molecule has 0 bridgehead atoms. The first kappa shape index (κ1) is 20.9. The number of urea groups is 2. The van der Waals surface area contributed by atoms with Crippen molar-refractivity contribution in [3.05, 3.63) is 71.8 Å². The van der Waals surface area contributed by atoms with E-state index in [1.165, 1.54) is 11.0 Å². The molecule has 8 heteroatoms. The van der Waals surface area contributed by atoms with E-state index in [4.69, 9.17) is 10.4 Å². The summed E-state index contributed by atoms with van der Waals surface area (Å²) in [5, 5.41) is 21.6. The third kappa shape index (κ3) is 7.65. The molecule has 0 saturated carbocycles. The van der Waals surface area contributed by atoms with Crippen LogP contribution in [0.25, 0.3) is 0 Å². The van der Waals surface area contributed by atoms with Gasteiger partial charge < -0.3 is 10.6 Å². The van der Waals surface area contributed by atoms with Crippen molar-refractivity contribution in [1.29, 1.82) is 0 Å². The van der Waals surface area contributed by atoms with Crippen LogP contribution in [0.1, 0.15) is 37.1 Å². The molecule has 140 valence electrons. The van der Waals surface area contributed by atoms with Crippen molar-refractivity contribution in [2.24, 2.45) is 0 Å². The molecule has 2 aromatic rings. The second-order valence-electron chi connectivity index (χ2n) is 5.44. The number of rotatable bonds is 4. The van der Waals surface area contributed by atoms with Crippen molar-refractivity contribution >= 4 is 12.1 Å². The lowest BCUT2D eigenvalue weighted by atomic mass is 10.1. The Kier molecular flexibility index (Phi) is 9.23. The summed E-state index contributed by atoms with van der Waals surface area (Å²) in [6.07, 6.45) is 0. The Morgan fingerprint density at radius 1 is 0.692 bits per heavy atom. The molecular formula is C18H24N4O4. The number of hydroxylamine groups is 2. The number of benzene rings is 2. The van der Waals surface area contributed by atoms with Crippen LogP contribution in [0.5, 0.6) is 0 Å². The van der Waals surface area contributed by atoms with Gasteiger partial charge in [0.15, 0.2) is 0 Å². The van der Waals surface area contributed by atoms with Gasteiger partial charge in [0.2, 0.25) is 0 Å². The van der Waals surface area contributed by atoms with Gasteiger partial charge in [-0.05, 0) is 25.0 Å². The van der Waals surface area contributed by atoms with Crippen LogP contribution in [0.3, 0.4) is 0 Å². The molecule has 0 spiro atoms. The van der Waals surface area contributed by atoms with E-state index in [0.717, 1.165) is 11.1 Å². The summed E-state index contributed by atoms with van der Waals surface area (Å²) in [7, 11) is 0. The topological polar surface area (TPSA) is 123 Å². The first-order valence-corrected chi connectivity index (χ1v) is 7.99. The number of carbonyl (C=O) groups is 2. The van der Waals surface area contributed by atoms with Crippen LogP contribution in [-0.4, -0.2) is 22.5 Å². The zero-order valence-corrected chi connectivity index (χ0v) is 14.6. The molecular weight excluding hydrogens is 336 g/mol. The van der Waals surface area contributed by atoms with Crippen LogP contribution in [0.15, 0.2) is 60.7 Å². The van der Waals surface area contributed by atoms with Crippen LogP contribution in [0, 0.1) is 0 Å². The summed E-state index contributed by atoms with van der Waals surface area (Å²) in [4.78, 5) is 21.4. The number of carbonyl (C=O) groups excluding carboxylic acids is 2. The fourth-order valence-corrected chi connectivity index (χ4v) is 2.11. The van der Waals surface area contributed by atoms with E-state index in [9.17, 15) is 9.59 Å². The van der Waals surface area contributed by atoms with E-state index < -0.39 is 12.1 Å². The van der Waals surface area contributed by atoms with Gasteiger partial charge in [0.25, 0.3) is 0 Å². The highest BCUT2D eigenvalue weighted by atomic mass is 16.5. The highest BCUT2D eigenvalue weighted by Crippen LogP contribution is 2.11. The second-order valence-corrected chi connectivity index (χ2v) is 5.44. The van der Waals surface area contributed by atoms with Gasteiger partial charge in [0.05, 0.1) is 12.1 Å². The summed E-state index contributed by atoms with van der Waals surface area (Å²) in [6.45, 7) is 3.68. The van der Waals surface area contributed by atoms with Crippen molar-refractivity contribution in [3.63, 3.8) is 0 Å². The zero-order chi connectivity index (χ0) is 19.4. The Hall–Kier alpha value is -3.10. The average molecular weight is 360 g/mol. The third-order valence-electron chi connectivity index (χ3n) is 3.50. The van der Waals surface area contributed by atoms with Crippen LogP contribution >= 0.6 is 0 Å². The molecule has 6 N–H and O–H groups in total. The largest absolute Gasteiger partial charge is 0.338 e. The quantitative estimate of drug-likeness (QED) is 0.371. The predicted octanol–water partition coefficient (Wildman–Crippen LogP) is 2.87. The molecule has 2 atom stereocenters. The molecule has 26 heavy (non-hydrogen) atoms. The fourth-order valence-electron chi connectivity index (χ4n) is 2.11. The summed E-state index contributed by atoms with van der Waals surface area (Å²) >= 11 is 0. The molecule has 0 heterocycles. The average Bonchev–Trinajstić information content (AvgIpc) is 2.69. The maximum atomic E-state index is 10.7. The van der Waals surface area contributed by atoms with Gasteiger partial charge in [-0.2, -0.15) is 0 Å². The summed E-state index contributed by atoms with van der Waals surface area (Å²) in [6, 6.07) is 17.6. The Morgan fingerprint density at radius 3 is 1.27 bits per heavy atom. The van der Waals surface area contributed by atoms with Gasteiger partial charge in [0, 0.05) is 0 Å². The molecule has 0 aliphatic heterocycles. The zero-order valence-electron chi connectivity index (χ0n) is 14.6. The Balaban J connectivity index is 0.000000260. The number of nitrogens with one attached hydrogen (secondary N) is 4. The number of hydrogen-bond acceptors (Lipinski definition) is 4. The molecule has 0 unspecified atom stereocenters. The maximum Gasteiger partial charge on any atom is 0.338 e. The SMILES string of the molecule is C[C@@H](NC(=O)NO)c1ccccc1.C[C@@H](NC(=O)NO)c1ccccc1. The molecule has 0 fully saturated rings. The molecule has 2 aromatic carbocycles. The Morgan fingerprint density at radius 2 is 1.00 bits per heavy atom. The molecule has 0 aromatic heterocycles. The normalized spacial score (nSPS) is 11.8. The summed E-state index contributed by atoms with van der Waals surface area (Å²) in [5.41, 5.74) is 5.01. The standard InChI is InChI=1S/2C9H12N2O2/c2*1-7(10-9(12)11-13)8-5-3-2-4-6-8/h2*2-7,13H,1H3,(H2,10,11,12)/t2*7-/m11/s1. The molecule has 0 aliphatic rings. The molecule has 8 nitrogen and oxygen atoms in total. The molecule has 0 saturated heterocycles. The van der Waals surface area contributed by atoms with Gasteiger partial charge in [-0.25, -0.2) is 20.5 Å². The lowest BCUT2D eigenvalue weighted by molar-refractivity contribution is 0.159. The van der Waals surface area contributed by atoms with E-state index in [1.54, 1.807) is 0 Å². The highest BCUT2D eigenvalue weighted by molar-refractivity contribution is 5.73. The second kappa shape index (κ2) is 11.5. The van der Waals surface area contributed by atoms with Crippen molar-refractivity contribution in [3.8, 4) is 0 Å². The minimum atomic E-state index is -0.601. The predicted molar refractivity (Wildman–Crippen MR) is 96.6 cm³/mol. The Bertz CT molecular complexity index is 608. The molecule has 0 aliphatic carbocycles. The van der Waals surface area contributed by atoms with Gasteiger partial charge in [0.1, 0.15) is 0 Å². The van der Waals surface area contributed by atoms with E-state index in [1.807, 2.05) is 74.5 Å². The van der Waals surface area contributed by atoms with Gasteiger partial charge in [-0.15, -0.1) is 0 Å². The molecule has 0 radical (unpaired) electrons. The molecule has 2 rings (SSSR count). The van der Waals surface area contributed by atoms with Crippen molar-refractivity contribution in [2.45, 2.75) is 25.9 Å². The molecule has 4 amide bonds. The third-order valence-corrected chi connectivity index (χ3v) is 3.50. The first-order chi connectivity index (χ1) is 12.5. The van der Waals surface area contributed by atoms with E-state index in [2.05, 4.69) is 10.6 Å². The van der Waals surface area contributed by atoms with Crippen molar-refractivity contribution in [1.82, 2.24) is 21.6 Å². The minimum Gasteiger partial charge on any atom is -0.330 e. The number of hydrogen-bond donors (Lipinski definition) is 6. The fraction of sp³-hybridized carbons (Fsp3) is 0.222. The summed E-state index contributed by atoms with van der Waals surface area (Å²) in [5.74, 6) is 0. The van der Waals surface area contributed by atoms with Crippen molar-refractivity contribution in [2.75, 3.05) is 0 Å². The minimum absolute atomic E-state index is 0.117. The van der Waals surface area contributed by atoms with Crippen LogP contribution in [-0.2, 0) is 0 Å². The van der Waals surface area contributed by atoms with Gasteiger partial charge >= 0.3 is 12.1 Å². The van der Waals surface area contributed by atoms with Crippen LogP contribution < -0.4 is 21.6 Å². The van der Waals surface area contributed by atoms with Gasteiger partial charge in [-0.3, -0.25) is 10.4 Å². The lowest BCUT2D eigenvalue weighted by Gasteiger charge is -2.12. The summed E-state index contributed by atoms with van der Waals surface area (Å²) < 4.78 is 0. The van der Waals surface area contributed by atoms with Crippen LogP contribution in [0.4, 0.5) is 9.59 Å². The highest BCUT2D eigenvalue weighted by Gasteiger charge is 2.07. The smallest absolute Gasteiger partial charge is 0.330 e.